The molecule has 28 heavy (non-hydrogen) atoms. The van der Waals surface area contributed by atoms with Gasteiger partial charge in [0.15, 0.2) is 11.5 Å². The topological polar surface area (TPSA) is 120 Å². The molecule has 0 spiro atoms. The van der Waals surface area contributed by atoms with Crippen LogP contribution in [0.2, 0.25) is 5.02 Å². The minimum absolute atomic E-state index is 0.0653. The quantitative estimate of drug-likeness (QED) is 0.543. The summed E-state index contributed by atoms with van der Waals surface area (Å²) in [5.41, 5.74) is 6.58. The van der Waals surface area contributed by atoms with Crippen molar-refractivity contribution in [3.63, 3.8) is 0 Å². The van der Waals surface area contributed by atoms with Crippen molar-refractivity contribution in [3.05, 3.63) is 63.4 Å². The fourth-order valence-electron chi connectivity index (χ4n) is 3.13. The zero-order chi connectivity index (χ0) is 20.0. The maximum absolute atomic E-state index is 12.8. The number of carbonyl (C=O) groups is 1. The first kappa shape index (κ1) is 17.9. The zero-order valence-electron chi connectivity index (χ0n) is 15.0. The molecule has 0 aliphatic heterocycles. The van der Waals surface area contributed by atoms with Crippen molar-refractivity contribution in [2.24, 2.45) is 7.05 Å². The second kappa shape index (κ2) is 6.61. The first-order valence-electron chi connectivity index (χ1n) is 8.43. The number of anilines is 1. The summed E-state index contributed by atoms with van der Waals surface area (Å²) < 4.78 is 2.80. The van der Waals surface area contributed by atoms with E-state index in [-0.39, 0.29) is 16.9 Å². The molecule has 10 heteroatoms. The molecule has 0 aliphatic rings. The maximum Gasteiger partial charge on any atom is 0.262 e. The highest BCUT2D eigenvalue weighted by atomic mass is 35.5. The maximum atomic E-state index is 12.8. The number of nitrogens with zero attached hydrogens (tertiary/aromatic N) is 5. The van der Waals surface area contributed by atoms with E-state index in [1.807, 2.05) is 0 Å². The Morgan fingerprint density at radius 3 is 2.89 bits per heavy atom. The number of aromatic nitrogens is 5. The highest BCUT2D eigenvalue weighted by molar-refractivity contribution is 6.35. The van der Waals surface area contributed by atoms with Gasteiger partial charge in [0.2, 0.25) is 0 Å². The van der Waals surface area contributed by atoms with Gasteiger partial charge in [0.1, 0.15) is 11.4 Å². The smallest absolute Gasteiger partial charge is 0.262 e. The normalized spacial score (nSPS) is 12.4. The predicted octanol–water partition coefficient (Wildman–Crippen LogP) is 1.70. The van der Waals surface area contributed by atoms with E-state index in [9.17, 15) is 9.59 Å². The highest BCUT2D eigenvalue weighted by Gasteiger charge is 2.23. The molecule has 3 N–H and O–H groups in total. The highest BCUT2D eigenvalue weighted by Crippen LogP contribution is 2.21. The Kier molecular flexibility index (Phi) is 4.23. The van der Waals surface area contributed by atoms with Gasteiger partial charge in [0.05, 0.1) is 22.0 Å². The molecule has 4 aromatic rings. The molecule has 3 aromatic heterocycles. The van der Waals surface area contributed by atoms with Crippen molar-refractivity contribution < 1.29 is 4.79 Å². The summed E-state index contributed by atoms with van der Waals surface area (Å²) in [4.78, 5) is 34.2. The van der Waals surface area contributed by atoms with Crippen molar-refractivity contribution >= 4 is 39.9 Å². The van der Waals surface area contributed by atoms with Gasteiger partial charge in [-0.1, -0.05) is 17.7 Å². The number of halogens is 1. The summed E-state index contributed by atoms with van der Waals surface area (Å²) in [7, 11) is 1.58. The van der Waals surface area contributed by atoms with Gasteiger partial charge in [-0.25, -0.2) is 14.5 Å². The molecule has 0 unspecified atom stereocenters. The van der Waals surface area contributed by atoms with E-state index >= 15 is 0 Å². The van der Waals surface area contributed by atoms with Crippen molar-refractivity contribution in [3.8, 4) is 0 Å². The van der Waals surface area contributed by atoms with Crippen LogP contribution in [-0.2, 0) is 7.05 Å². The van der Waals surface area contributed by atoms with Crippen LogP contribution < -0.4 is 16.6 Å². The van der Waals surface area contributed by atoms with Gasteiger partial charge in [0.25, 0.3) is 11.5 Å². The first-order chi connectivity index (χ1) is 13.4. The first-order valence-corrected chi connectivity index (χ1v) is 8.81. The molecule has 3 heterocycles. The number of nitrogens with one attached hydrogen (secondary N) is 1. The van der Waals surface area contributed by atoms with Gasteiger partial charge in [-0.3, -0.25) is 14.2 Å². The summed E-state index contributed by atoms with van der Waals surface area (Å²) in [5, 5.41) is 7.56. The molecule has 4 rings (SSSR count). The number of nitrogens with two attached hydrogens (primary N) is 1. The fraction of sp³-hybridized carbons (Fsp3) is 0.167. The third-order valence-electron chi connectivity index (χ3n) is 4.47. The third-order valence-corrected chi connectivity index (χ3v) is 4.79. The summed E-state index contributed by atoms with van der Waals surface area (Å²) >= 11 is 6.14. The lowest BCUT2D eigenvalue weighted by Crippen LogP contribution is -2.33. The lowest BCUT2D eigenvalue weighted by atomic mass is 10.2. The van der Waals surface area contributed by atoms with Crippen LogP contribution in [0.1, 0.15) is 29.1 Å². The van der Waals surface area contributed by atoms with Crippen LogP contribution >= 0.6 is 11.6 Å². The molecule has 0 radical (unpaired) electrons. The Bertz CT molecular complexity index is 1290. The van der Waals surface area contributed by atoms with Gasteiger partial charge in [0, 0.05) is 19.4 Å². The Morgan fingerprint density at radius 2 is 2.11 bits per heavy atom. The molecule has 142 valence electrons. The molecule has 1 amide bonds. The van der Waals surface area contributed by atoms with Crippen molar-refractivity contribution in [2.75, 3.05) is 5.73 Å². The van der Waals surface area contributed by atoms with E-state index < -0.39 is 11.9 Å². The minimum Gasteiger partial charge on any atom is -0.381 e. The zero-order valence-corrected chi connectivity index (χ0v) is 15.8. The van der Waals surface area contributed by atoms with E-state index in [0.29, 0.717) is 27.4 Å². The summed E-state index contributed by atoms with van der Waals surface area (Å²) in [6, 6.07) is 6.16. The molecular weight excluding hydrogens is 382 g/mol. The lowest BCUT2D eigenvalue weighted by molar-refractivity contribution is 0.0940. The van der Waals surface area contributed by atoms with Crippen LogP contribution in [0, 0.1) is 0 Å². The molecule has 0 saturated heterocycles. The molecule has 1 atom stereocenters. The number of nitrogen functional groups attached to an aromatic ring is 1. The Morgan fingerprint density at radius 1 is 1.32 bits per heavy atom. The van der Waals surface area contributed by atoms with E-state index in [2.05, 4.69) is 20.4 Å². The summed E-state index contributed by atoms with van der Waals surface area (Å²) in [5.74, 6) is -0.00852. The second-order valence-electron chi connectivity index (χ2n) is 6.31. The second-order valence-corrected chi connectivity index (χ2v) is 6.72. The average molecular weight is 398 g/mol. The van der Waals surface area contributed by atoms with Crippen LogP contribution in [0.5, 0.6) is 0 Å². The summed E-state index contributed by atoms with van der Waals surface area (Å²) in [6.45, 7) is 1.73. The van der Waals surface area contributed by atoms with E-state index in [1.54, 1.807) is 50.6 Å². The standard InChI is InChI=1S/C18H16ClN7O2/c1-9(15-23-11-6-3-5-10(19)12(11)18(28)25(15)2)22-17(27)13-14(20)24-26-8-4-7-21-16(13)26/h3-9H,1-2H3,(H2,20,24)(H,22,27)/t9-/m0/s1. The Labute approximate surface area is 163 Å². The van der Waals surface area contributed by atoms with Crippen LogP contribution in [-0.4, -0.2) is 30.1 Å². The van der Waals surface area contributed by atoms with Crippen LogP contribution in [0.25, 0.3) is 16.6 Å². The molecule has 0 fully saturated rings. The predicted molar refractivity (Wildman–Crippen MR) is 105 cm³/mol. The molecule has 1 aromatic carbocycles. The van der Waals surface area contributed by atoms with Crippen LogP contribution in [0.15, 0.2) is 41.5 Å². The fourth-order valence-corrected chi connectivity index (χ4v) is 3.38. The third kappa shape index (κ3) is 2.76. The Hall–Kier alpha value is -3.46. The Balaban J connectivity index is 1.73. The van der Waals surface area contributed by atoms with Gasteiger partial charge >= 0.3 is 0 Å². The van der Waals surface area contributed by atoms with Crippen molar-refractivity contribution in [1.29, 1.82) is 0 Å². The van der Waals surface area contributed by atoms with E-state index in [0.717, 1.165) is 0 Å². The van der Waals surface area contributed by atoms with Crippen LogP contribution in [0.4, 0.5) is 5.82 Å². The lowest BCUT2D eigenvalue weighted by Gasteiger charge is -2.17. The SMILES string of the molecule is C[C@H](NC(=O)c1c(N)nn2cccnc12)c1nc2cccc(Cl)c2c(=O)n1C. The van der Waals surface area contributed by atoms with E-state index in [4.69, 9.17) is 17.3 Å². The molecule has 0 bridgehead atoms. The average Bonchev–Trinajstić information content (AvgIpc) is 3.00. The minimum atomic E-state index is -0.577. The van der Waals surface area contributed by atoms with Crippen LogP contribution in [0.3, 0.4) is 0 Å². The van der Waals surface area contributed by atoms with E-state index in [1.165, 1.54) is 9.08 Å². The summed E-state index contributed by atoms with van der Waals surface area (Å²) in [6.07, 6.45) is 3.20. The number of fused-ring (bicyclic) bond motifs is 2. The molecular formula is C18H16ClN7O2. The number of benzene rings is 1. The van der Waals surface area contributed by atoms with Gasteiger partial charge < -0.3 is 11.1 Å². The molecule has 9 nitrogen and oxygen atoms in total. The molecule has 0 saturated carbocycles. The number of hydrogen-bond donors (Lipinski definition) is 2. The molecule has 0 aliphatic carbocycles. The van der Waals surface area contributed by atoms with Gasteiger partial charge in [-0.15, -0.1) is 5.10 Å². The number of rotatable bonds is 3. The van der Waals surface area contributed by atoms with Crippen molar-refractivity contribution in [1.82, 2.24) is 29.5 Å². The number of hydrogen-bond acceptors (Lipinski definition) is 6. The monoisotopic (exact) mass is 397 g/mol. The van der Waals surface area contributed by atoms with Gasteiger partial charge in [-0.2, -0.15) is 0 Å². The number of amides is 1. The van der Waals surface area contributed by atoms with Crippen molar-refractivity contribution in [2.45, 2.75) is 13.0 Å². The number of carbonyl (C=O) groups excluding carboxylic acids is 1. The van der Waals surface area contributed by atoms with Gasteiger partial charge in [-0.05, 0) is 25.1 Å². The largest absolute Gasteiger partial charge is 0.381 e.